The van der Waals surface area contributed by atoms with Crippen LogP contribution in [-0.2, 0) is 19.4 Å². The second-order valence-electron chi connectivity index (χ2n) is 6.73. The van der Waals surface area contributed by atoms with Gasteiger partial charge < -0.3 is 15.6 Å². The molecule has 0 aliphatic carbocycles. The van der Waals surface area contributed by atoms with Crippen LogP contribution in [0.2, 0.25) is 0 Å². The first-order valence-electron chi connectivity index (χ1n) is 9.80. The average Bonchev–Trinajstić information content (AvgIpc) is 3.28. The summed E-state index contributed by atoms with van der Waals surface area (Å²) < 4.78 is 1.95. The minimum Gasteiger partial charge on any atom is -0.361 e. The number of guanidine groups is 1. The summed E-state index contributed by atoms with van der Waals surface area (Å²) in [7, 11) is 0. The van der Waals surface area contributed by atoms with Crippen molar-refractivity contribution < 1.29 is 0 Å². The maximum Gasteiger partial charge on any atom is 0.191 e. The van der Waals surface area contributed by atoms with E-state index in [1.54, 1.807) is 0 Å². The lowest BCUT2D eigenvalue weighted by Crippen LogP contribution is -2.39. The van der Waals surface area contributed by atoms with Crippen molar-refractivity contribution in [1.29, 1.82) is 0 Å². The van der Waals surface area contributed by atoms with Crippen molar-refractivity contribution in [2.45, 2.75) is 40.2 Å². The van der Waals surface area contributed by atoms with Crippen LogP contribution >= 0.6 is 24.0 Å². The van der Waals surface area contributed by atoms with Gasteiger partial charge in [-0.2, -0.15) is 5.10 Å². The molecular weight excluding hydrogens is 463 g/mol. The molecule has 7 heteroatoms. The zero-order chi connectivity index (χ0) is 19.1. The Kier molecular flexibility index (Phi) is 8.82. The van der Waals surface area contributed by atoms with Crippen LogP contribution in [0.15, 0.2) is 41.8 Å². The molecule has 28 heavy (non-hydrogen) atoms. The molecule has 0 unspecified atom stereocenters. The van der Waals surface area contributed by atoms with Gasteiger partial charge in [0.1, 0.15) is 0 Å². The molecule has 152 valence electrons. The highest BCUT2D eigenvalue weighted by atomic mass is 127. The lowest BCUT2D eigenvalue weighted by atomic mass is 10.1. The van der Waals surface area contributed by atoms with Crippen LogP contribution in [0.4, 0.5) is 0 Å². The summed E-state index contributed by atoms with van der Waals surface area (Å²) in [4.78, 5) is 8.16. The molecule has 6 nitrogen and oxygen atoms in total. The summed E-state index contributed by atoms with van der Waals surface area (Å²) in [6.45, 7) is 9.54. The Balaban J connectivity index is 0.00000280. The van der Waals surface area contributed by atoms with E-state index in [4.69, 9.17) is 4.99 Å². The predicted octanol–water partition coefficient (Wildman–Crippen LogP) is 3.65. The van der Waals surface area contributed by atoms with E-state index in [9.17, 15) is 0 Å². The van der Waals surface area contributed by atoms with Crippen molar-refractivity contribution in [3.05, 3.63) is 53.5 Å². The van der Waals surface area contributed by atoms with Crippen molar-refractivity contribution in [2.24, 2.45) is 4.99 Å². The number of aromatic nitrogens is 3. The fraction of sp³-hybridized carbons (Fsp3) is 0.429. The van der Waals surface area contributed by atoms with Crippen LogP contribution in [-0.4, -0.2) is 40.4 Å². The Morgan fingerprint density at radius 1 is 1.21 bits per heavy atom. The minimum absolute atomic E-state index is 0. The summed E-state index contributed by atoms with van der Waals surface area (Å²) in [5, 5.41) is 12.3. The number of aliphatic imine (C=N–C) groups is 1. The molecule has 0 aliphatic rings. The van der Waals surface area contributed by atoms with Gasteiger partial charge in [0.25, 0.3) is 0 Å². The fourth-order valence-corrected chi connectivity index (χ4v) is 3.28. The molecule has 0 aliphatic heterocycles. The Hall–Kier alpha value is -2.03. The van der Waals surface area contributed by atoms with Crippen LogP contribution in [0.1, 0.15) is 30.5 Å². The van der Waals surface area contributed by atoms with Crippen LogP contribution in [0.25, 0.3) is 10.9 Å². The molecule has 3 rings (SSSR count). The van der Waals surface area contributed by atoms with Gasteiger partial charge in [-0.15, -0.1) is 24.0 Å². The van der Waals surface area contributed by atoms with E-state index in [1.165, 1.54) is 27.6 Å². The number of hydrogen-bond acceptors (Lipinski definition) is 2. The van der Waals surface area contributed by atoms with Gasteiger partial charge in [0.05, 0.1) is 12.7 Å². The number of halogens is 1. The van der Waals surface area contributed by atoms with Crippen LogP contribution in [0.5, 0.6) is 0 Å². The molecule has 1 aromatic carbocycles. The molecule has 0 bridgehead atoms. The molecule has 2 heterocycles. The molecule has 0 fully saturated rings. The van der Waals surface area contributed by atoms with Gasteiger partial charge in [0, 0.05) is 42.9 Å². The highest BCUT2D eigenvalue weighted by molar-refractivity contribution is 14.0. The normalized spacial score (nSPS) is 11.5. The molecule has 0 radical (unpaired) electrons. The summed E-state index contributed by atoms with van der Waals surface area (Å²) in [6.07, 6.45) is 8.01. The van der Waals surface area contributed by atoms with Gasteiger partial charge in [0.15, 0.2) is 5.96 Å². The van der Waals surface area contributed by atoms with E-state index in [-0.39, 0.29) is 24.0 Å². The molecule has 0 atom stereocenters. The van der Waals surface area contributed by atoms with Gasteiger partial charge >= 0.3 is 0 Å². The second kappa shape index (κ2) is 11.1. The van der Waals surface area contributed by atoms with E-state index in [2.05, 4.69) is 65.9 Å². The third-order valence-electron chi connectivity index (χ3n) is 4.66. The first-order valence-corrected chi connectivity index (χ1v) is 9.80. The number of nitrogens with zero attached hydrogens (tertiary/aromatic N) is 3. The van der Waals surface area contributed by atoms with Gasteiger partial charge in [-0.1, -0.05) is 25.1 Å². The van der Waals surface area contributed by atoms with E-state index < -0.39 is 0 Å². The predicted molar refractivity (Wildman–Crippen MR) is 128 cm³/mol. The fourth-order valence-electron chi connectivity index (χ4n) is 3.28. The van der Waals surface area contributed by atoms with Gasteiger partial charge in [-0.05, 0) is 43.4 Å². The lowest BCUT2D eigenvalue weighted by Gasteiger charge is -2.11. The lowest BCUT2D eigenvalue weighted by molar-refractivity contribution is 0.597. The van der Waals surface area contributed by atoms with E-state index in [0.29, 0.717) is 0 Å². The summed E-state index contributed by atoms with van der Waals surface area (Å²) in [5.74, 6) is 0.857. The Labute approximate surface area is 184 Å². The van der Waals surface area contributed by atoms with Crippen LogP contribution in [0.3, 0.4) is 0 Å². The highest BCUT2D eigenvalue weighted by Crippen LogP contribution is 2.22. The number of fused-ring (bicyclic) bond motifs is 1. The number of H-pyrrole nitrogens is 1. The van der Waals surface area contributed by atoms with Crippen LogP contribution < -0.4 is 10.6 Å². The third kappa shape index (κ3) is 5.73. The number of aryl methyl sites for hydroxylation is 2. The highest BCUT2D eigenvalue weighted by Gasteiger charge is 2.06. The van der Waals surface area contributed by atoms with Crippen LogP contribution in [0, 0.1) is 6.92 Å². The smallest absolute Gasteiger partial charge is 0.191 e. The number of nitrogens with one attached hydrogen (secondary N) is 3. The first-order chi connectivity index (χ1) is 13.2. The minimum atomic E-state index is 0. The molecular formula is C21H31IN6. The van der Waals surface area contributed by atoms with Crippen molar-refractivity contribution in [1.82, 2.24) is 25.4 Å². The molecule has 3 N–H and O–H groups in total. The van der Waals surface area contributed by atoms with E-state index >= 15 is 0 Å². The zero-order valence-electron chi connectivity index (χ0n) is 17.0. The number of aromatic amines is 1. The maximum absolute atomic E-state index is 4.72. The van der Waals surface area contributed by atoms with E-state index in [1.807, 2.05) is 17.1 Å². The first kappa shape index (κ1) is 22.3. The average molecular weight is 494 g/mol. The Morgan fingerprint density at radius 3 is 2.79 bits per heavy atom. The Morgan fingerprint density at radius 2 is 2.07 bits per heavy atom. The maximum atomic E-state index is 4.72. The molecule has 2 aromatic heterocycles. The van der Waals surface area contributed by atoms with Gasteiger partial charge in [0.2, 0.25) is 0 Å². The zero-order valence-corrected chi connectivity index (χ0v) is 19.3. The molecule has 0 saturated carbocycles. The van der Waals surface area contributed by atoms with Gasteiger partial charge in [-0.3, -0.25) is 9.67 Å². The molecule has 0 amide bonds. The van der Waals surface area contributed by atoms with Crippen molar-refractivity contribution in [2.75, 3.05) is 19.6 Å². The number of benzene rings is 1. The summed E-state index contributed by atoms with van der Waals surface area (Å²) >= 11 is 0. The molecule has 3 aromatic rings. The Bertz CT molecular complexity index is 895. The second-order valence-corrected chi connectivity index (χ2v) is 6.73. The number of rotatable bonds is 8. The largest absolute Gasteiger partial charge is 0.361 e. The number of hydrogen-bond donors (Lipinski definition) is 3. The monoisotopic (exact) mass is 494 g/mol. The third-order valence-corrected chi connectivity index (χ3v) is 4.66. The van der Waals surface area contributed by atoms with Crippen molar-refractivity contribution >= 4 is 40.8 Å². The SMILES string of the molecule is CCNC(=NCCc1c[nH]c2c(CC)cccc12)NCCn1cc(C)cn1.I. The van der Waals surface area contributed by atoms with Gasteiger partial charge in [-0.25, -0.2) is 0 Å². The summed E-state index contributed by atoms with van der Waals surface area (Å²) in [6, 6.07) is 6.53. The summed E-state index contributed by atoms with van der Waals surface area (Å²) in [5.41, 5.74) is 5.14. The molecule has 0 saturated heterocycles. The quantitative estimate of drug-likeness (QED) is 0.255. The molecule has 0 spiro atoms. The van der Waals surface area contributed by atoms with Crippen molar-refractivity contribution in [3.63, 3.8) is 0 Å². The number of para-hydroxylation sites is 1. The van der Waals surface area contributed by atoms with Crippen molar-refractivity contribution in [3.8, 4) is 0 Å². The van der Waals surface area contributed by atoms with E-state index in [0.717, 1.165) is 45.0 Å². The topological polar surface area (TPSA) is 70.0 Å². The standard InChI is InChI=1S/C21H30N6.HI/c1-4-17-7-6-8-19-18(14-25-20(17)19)9-10-23-21(22-5-2)24-11-12-27-15-16(3)13-26-27;/h6-8,13-15,25H,4-5,9-12H2,1-3H3,(H2,22,23,24);1H.